The number of aliphatic hydroxyl groups is 1. The number of hydrogen-bond acceptors (Lipinski definition) is 2. The molecule has 0 aromatic rings. The van der Waals surface area contributed by atoms with Crippen molar-refractivity contribution >= 4 is 0 Å². The third-order valence-corrected chi connectivity index (χ3v) is 1.15. The van der Waals surface area contributed by atoms with Crippen LogP contribution in [0.1, 0.15) is 0 Å². The SMILES string of the molecule is OC(F)(F)C(F)(F)N(C(F)(F)F)C(F)(F)F. The number of rotatable bonds is 2. The molecule has 0 spiro atoms. The molecule has 0 aromatic heterocycles. The van der Waals surface area contributed by atoms with Crippen LogP contribution in [-0.4, -0.2) is 34.8 Å². The lowest BCUT2D eigenvalue weighted by molar-refractivity contribution is -0.494. The van der Waals surface area contributed by atoms with E-state index in [4.69, 9.17) is 5.11 Å². The molecular weight excluding hydrogens is 268 g/mol. The summed E-state index contributed by atoms with van der Waals surface area (Å²) in [6, 6.07) is -6.87. The predicted molar refractivity (Wildman–Crippen MR) is 26.1 cm³/mol. The highest BCUT2D eigenvalue weighted by Crippen LogP contribution is 2.47. The predicted octanol–water partition coefficient (Wildman–Crippen LogP) is 2.51. The van der Waals surface area contributed by atoms with E-state index in [1.165, 1.54) is 0 Å². The molecule has 0 rings (SSSR count). The molecule has 1 N–H and O–H groups in total. The van der Waals surface area contributed by atoms with Crippen LogP contribution < -0.4 is 0 Å². The van der Waals surface area contributed by atoms with Gasteiger partial charge in [-0.05, 0) is 0 Å². The van der Waals surface area contributed by atoms with Gasteiger partial charge in [-0.1, -0.05) is 4.90 Å². The minimum Gasteiger partial charge on any atom is -0.330 e. The topological polar surface area (TPSA) is 23.5 Å². The summed E-state index contributed by atoms with van der Waals surface area (Å²) in [6.07, 6.45) is -20.2. The Hall–Kier alpha value is -0.780. The van der Waals surface area contributed by atoms with Gasteiger partial charge in [0.15, 0.2) is 0 Å². The normalized spacial score (nSPS) is 15.8. The average molecular weight is 269 g/mol. The molecule has 0 heterocycles. The molecule has 0 saturated heterocycles. The minimum absolute atomic E-state index is 3.69. The van der Waals surface area contributed by atoms with Gasteiger partial charge in [-0.3, -0.25) is 0 Å². The van der Waals surface area contributed by atoms with E-state index < -0.39 is 29.7 Å². The van der Waals surface area contributed by atoms with Crippen molar-refractivity contribution in [2.45, 2.75) is 24.8 Å². The van der Waals surface area contributed by atoms with Crippen molar-refractivity contribution in [3.63, 3.8) is 0 Å². The molecule has 0 atom stereocenters. The van der Waals surface area contributed by atoms with Crippen molar-refractivity contribution in [3.8, 4) is 0 Å². The van der Waals surface area contributed by atoms with Crippen LogP contribution >= 0.6 is 0 Å². The Morgan fingerprint density at radius 2 is 0.875 bits per heavy atom. The fraction of sp³-hybridized carbons (Fsp3) is 1.00. The van der Waals surface area contributed by atoms with Crippen molar-refractivity contribution < 1.29 is 49.0 Å². The Labute approximate surface area is 80.0 Å². The monoisotopic (exact) mass is 269 g/mol. The zero-order valence-corrected chi connectivity index (χ0v) is 6.67. The fourth-order valence-electron chi connectivity index (χ4n) is 0.597. The lowest BCUT2D eigenvalue weighted by Gasteiger charge is -2.34. The Bertz CT molecular complexity index is 233. The van der Waals surface area contributed by atoms with Crippen LogP contribution in [0.3, 0.4) is 0 Å². The largest absolute Gasteiger partial charge is 0.472 e. The summed E-state index contributed by atoms with van der Waals surface area (Å²) in [5.74, 6) is 0. The second-order valence-corrected chi connectivity index (χ2v) is 2.35. The molecule has 0 aliphatic rings. The molecule has 0 fully saturated rings. The third-order valence-electron chi connectivity index (χ3n) is 1.15. The lowest BCUT2D eigenvalue weighted by Crippen LogP contribution is -2.64. The number of alkyl halides is 10. The quantitative estimate of drug-likeness (QED) is 0.615. The Morgan fingerprint density at radius 3 is 0.938 bits per heavy atom. The highest BCUT2D eigenvalue weighted by Gasteiger charge is 2.74. The van der Waals surface area contributed by atoms with E-state index in [9.17, 15) is 43.9 Å². The summed E-state index contributed by atoms with van der Waals surface area (Å²) < 4.78 is 116. The molecular formula is C4HF10NO. The summed E-state index contributed by atoms with van der Waals surface area (Å²) in [7, 11) is 0. The van der Waals surface area contributed by atoms with Gasteiger partial charge in [0, 0.05) is 0 Å². The van der Waals surface area contributed by atoms with Gasteiger partial charge in [-0.15, -0.1) is 0 Å². The third kappa shape index (κ3) is 2.87. The van der Waals surface area contributed by atoms with Gasteiger partial charge in [0.1, 0.15) is 0 Å². The Kier molecular flexibility index (Phi) is 3.44. The van der Waals surface area contributed by atoms with Gasteiger partial charge in [-0.2, -0.15) is 43.9 Å². The van der Waals surface area contributed by atoms with Crippen LogP contribution in [0.4, 0.5) is 43.9 Å². The first kappa shape index (κ1) is 15.2. The van der Waals surface area contributed by atoms with E-state index in [1.807, 2.05) is 0 Å². The first-order chi connectivity index (χ1) is 6.62. The van der Waals surface area contributed by atoms with Crippen molar-refractivity contribution in [2.75, 3.05) is 0 Å². The van der Waals surface area contributed by atoms with E-state index in [-0.39, 0.29) is 0 Å². The lowest BCUT2D eigenvalue weighted by atomic mass is 10.4. The molecule has 98 valence electrons. The second-order valence-electron chi connectivity index (χ2n) is 2.35. The Morgan fingerprint density at radius 1 is 0.625 bits per heavy atom. The molecule has 0 amide bonds. The van der Waals surface area contributed by atoms with Crippen LogP contribution in [-0.2, 0) is 0 Å². The smallest absolute Gasteiger partial charge is 0.330 e. The van der Waals surface area contributed by atoms with Crippen molar-refractivity contribution in [1.82, 2.24) is 4.90 Å². The van der Waals surface area contributed by atoms with Crippen LogP contribution in [0.2, 0.25) is 0 Å². The van der Waals surface area contributed by atoms with Gasteiger partial charge in [0.25, 0.3) is 0 Å². The van der Waals surface area contributed by atoms with Crippen LogP contribution in [0, 0.1) is 0 Å². The molecule has 0 aliphatic heterocycles. The molecule has 2 nitrogen and oxygen atoms in total. The summed E-state index contributed by atoms with van der Waals surface area (Å²) in [5.41, 5.74) is 0. The first-order valence-electron chi connectivity index (χ1n) is 3.03. The fourth-order valence-corrected chi connectivity index (χ4v) is 0.597. The number of hydrogen-bond donors (Lipinski definition) is 1. The highest BCUT2D eigenvalue weighted by atomic mass is 19.4. The van der Waals surface area contributed by atoms with E-state index in [0.717, 1.165) is 0 Å². The summed E-state index contributed by atoms with van der Waals surface area (Å²) in [6.45, 7) is 0. The van der Waals surface area contributed by atoms with Crippen molar-refractivity contribution in [1.29, 1.82) is 0 Å². The maximum Gasteiger partial charge on any atom is 0.472 e. The van der Waals surface area contributed by atoms with Gasteiger partial charge in [-0.25, -0.2) is 0 Å². The van der Waals surface area contributed by atoms with Crippen LogP contribution in [0.25, 0.3) is 0 Å². The molecule has 16 heavy (non-hydrogen) atoms. The molecule has 0 aliphatic carbocycles. The maximum atomic E-state index is 12.1. The van der Waals surface area contributed by atoms with Gasteiger partial charge < -0.3 is 5.11 Å². The van der Waals surface area contributed by atoms with Gasteiger partial charge in [0.2, 0.25) is 0 Å². The molecule has 0 radical (unpaired) electrons. The van der Waals surface area contributed by atoms with E-state index in [2.05, 4.69) is 0 Å². The van der Waals surface area contributed by atoms with Crippen molar-refractivity contribution in [2.24, 2.45) is 0 Å². The molecule has 0 aromatic carbocycles. The summed E-state index contributed by atoms with van der Waals surface area (Å²) in [5, 5.41) is 7.32. The second kappa shape index (κ2) is 3.61. The van der Waals surface area contributed by atoms with Crippen LogP contribution in [0.15, 0.2) is 0 Å². The summed E-state index contributed by atoms with van der Waals surface area (Å²) in [4.78, 5) is -3.69. The van der Waals surface area contributed by atoms with E-state index in [1.54, 1.807) is 0 Å². The molecule has 0 saturated carbocycles. The maximum absolute atomic E-state index is 12.1. The summed E-state index contributed by atoms with van der Waals surface area (Å²) >= 11 is 0. The zero-order chi connectivity index (χ0) is 13.6. The van der Waals surface area contributed by atoms with Crippen LogP contribution in [0.5, 0.6) is 0 Å². The van der Waals surface area contributed by atoms with Gasteiger partial charge in [0.05, 0.1) is 0 Å². The molecule has 0 unspecified atom stereocenters. The van der Waals surface area contributed by atoms with E-state index in [0.29, 0.717) is 0 Å². The number of nitrogens with zero attached hydrogens (tertiary/aromatic N) is 1. The highest BCUT2D eigenvalue weighted by molar-refractivity contribution is 4.80. The van der Waals surface area contributed by atoms with Gasteiger partial charge >= 0.3 is 24.8 Å². The first-order valence-corrected chi connectivity index (χ1v) is 3.03. The minimum atomic E-state index is -6.87. The Balaban J connectivity index is 5.57. The van der Waals surface area contributed by atoms with Crippen molar-refractivity contribution in [3.05, 3.63) is 0 Å². The standard InChI is InChI=1S/C4HF10NO/c5-1(6,2(7,8)16)15(3(9,10)11)4(12,13)14/h16H. The average Bonchev–Trinajstić information content (AvgIpc) is 1.72. The van der Waals surface area contributed by atoms with E-state index >= 15 is 0 Å². The molecule has 0 bridgehead atoms. The zero-order valence-electron chi connectivity index (χ0n) is 6.67. The molecule has 12 heteroatoms. The number of halogens is 10.